The number of morpholine rings is 1. The number of aliphatic carboxylic acids is 1. The Kier molecular flexibility index (Phi) is 5.38. The summed E-state index contributed by atoms with van der Waals surface area (Å²) in [6.45, 7) is 4.99. The second-order valence-corrected chi connectivity index (χ2v) is 5.12. The predicted molar refractivity (Wildman–Crippen MR) is 78.1 cm³/mol. The zero-order valence-electron chi connectivity index (χ0n) is 11.9. The van der Waals surface area contributed by atoms with Crippen LogP contribution in [0.5, 0.6) is 0 Å². The first kappa shape index (κ1) is 14.8. The van der Waals surface area contributed by atoms with Crippen molar-refractivity contribution in [2.45, 2.75) is 13.0 Å². The molecule has 1 aromatic carbocycles. The molecule has 0 aromatic heterocycles. The van der Waals surface area contributed by atoms with E-state index < -0.39 is 5.97 Å². The Morgan fingerprint density at radius 2 is 2.15 bits per heavy atom. The highest BCUT2D eigenvalue weighted by molar-refractivity contribution is 5.67. The summed E-state index contributed by atoms with van der Waals surface area (Å²) in [6.07, 6.45) is 0.157. The lowest BCUT2D eigenvalue weighted by molar-refractivity contribution is -0.136. The van der Waals surface area contributed by atoms with Crippen LogP contribution in [0.4, 0.5) is 5.69 Å². The van der Waals surface area contributed by atoms with Gasteiger partial charge in [-0.2, -0.15) is 0 Å². The van der Waals surface area contributed by atoms with E-state index in [1.165, 1.54) is 5.56 Å². The van der Waals surface area contributed by atoms with Crippen molar-refractivity contribution in [2.75, 3.05) is 44.8 Å². The molecule has 1 N–H and O–H groups in total. The minimum absolute atomic E-state index is 0.157. The van der Waals surface area contributed by atoms with Gasteiger partial charge in [0.2, 0.25) is 0 Å². The number of benzene rings is 1. The smallest absolute Gasteiger partial charge is 0.305 e. The molecule has 0 amide bonds. The maximum Gasteiger partial charge on any atom is 0.305 e. The third-order valence-corrected chi connectivity index (χ3v) is 3.52. The normalized spacial score (nSPS) is 16.1. The third-order valence-electron chi connectivity index (χ3n) is 3.52. The summed E-state index contributed by atoms with van der Waals surface area (Å²) in [7, 11) is 1.93. The van der Waals surface area contributed by atoms with Crippen LogP contribution in [-0.4, -0.2) is 55.9 Å². The summed E-state index contributed by atoms with van der Waals surface area (Å²) in [5.41, 5.74) is 2.32. The molecule has 0 saturated carbocycles. The first-order valence-corrected chi connectivity index (χ1v) is 6.97. The lowest BCUT2D eigenvalue weighted by Gasteiger charge is -2.27. The van der Waals surface area contributed by atoms with Crippen molar-refractivity contribution in [2.24, 2.45) is 0 Å². The highest BCUT2D eigenvalue weighted by Crippen LogP contribution is 2.17. The Labute approximate surface area is 119 Å². The fourth-order valence-corrected chi connectivity index (χ4v) is 2.30. The molecule has 1 aliphatic rings. The molecular weight excluding hydrogens is 256 g/mol. The molecule has 0 aliphatic carbocycles. The number of anilines is 1. The number of carboxylic acids is 1. The van der Waals surface area contributed by atoms with Crippen LogP contribution >= 0.6 is 0 Å². The second-order valence-electron chi connectivity index (χ2n) is 5.12. The van der Waals surface area contributed by atoms with Crippen LogP contribution in [0.1, 0.15) is 12.0 Å². The van der Waals surface area contributed by atoms with Crippen LogP contribution in [0.15, 0.2) is 24.3 Å². The molecule has 5 heteroatoms. The molecule has 1 saturated heterocycles. The van der Waals surface area contributed by atoms with Crippen molar-refractivity contribution in [1.82, 2.24) is 4.90 Å². The number of carboxylic acid groups (broad SMARTS) is 1. The summed E-state index contributed by atoms with van der Waals surface area (Å²) >= 11 is 0. The van der Waals surface area contributed by atoms with E-state index in [2.05, 4.69) is 17.0 Å². The van der Waals surface area contributed by atoms with Crippen LogP contribution in [0, 0.1) is 0 Å². The first-order valence-electron chi connectivity index (χ1n) is 6.97. The van der Waals surface area contributed by atoms with E-state index in [0.717, 1.165) is 38.5 Å². The number of nitrogens with zero attached hydrogens (tertiary/aromatic N) is 2. The lowest BCUT2D eigenvalue weighted by Crippen LogP contribution is -2.35. The summed E-state index contributed by atoms with van der Waals surface area (Å²) in [6, 6.07) is 8.30. The second kappa shape index (κ2) is 7.26. The number of hydrogen-bond acceptors (Lipinski definition) is 4. The van der Waals surface area contributed by atoms with Crippen molar-refractivity contribution < 1.29 is 14.6 Å². The standard InChI is InChI=1S/C15H22N2O3/c1-16(6-5-15(18)19)14-4-2-3-13(11-14)12-17-7-9-20-10-8-17/h2-4,11H,5-10,12H2,1H3,(H,18,19). The van der Waals surface area contributed by atoms with Gasteiger partial charge < -0.3 is 14.7 Å². The van der Waals surface area contributed by atoms with Gasteiger partial charge in [-0.15, -0.1) is 0 Å². The zero-order chi connectivity index (χ0) is 14.4. The number of hydrogen-bond donors (Lipinski definition) is 1. The van der Waals surface area contributed by atoms with Crippen LogP contribution in [0.2, 0.25) is 0 Å². The molecule has 2 rings (SSSR count). The molecule has 5 nitrogen and oxygen atoms in total. The fraction of sp³-hybridized carbons (Fsp3) is 0.533. The molecule has 0 spiro atoms. The van der Waals surface area contributed by atoms with Crippen molar-refractivity contribution in [3.63, 3.8) is 0 Å². The molecule has 1 fully saturated rings. The van der Waals surface area contributed by atoms with Gasteiger partial charge in [0.15, 0.2) is 0 Å². The highest BCUT2D eigenvalue weighted by atomic mass is 16.5. The topological polar surface area (TPSA) is 53.0 Å². The summed E-state index contributed by atoms with van der Waals surface area (Å²) < 4.78 is 5.35. The molecule has 0 unspecified atom stereocenters. The average Bonchev–Trinajstić information content (AvgIpc) is 2.46. The van der Waals surface area contributed by atoms with Gasteiger partial charge in [-0.05, 0) is 17.7 Å². The minimum Gasteiger partial charge on any atom is -0.481 e. The lowest BCUT2D eigenvalue weighted by atomic mass is 10.1. The Hall–Kier alpha value is -1.59. The van der Waals surface area contributed by atoms with E-state index in [9.17, 15) is 4.79 Å². The van der Waals surface area contributed by atoms with Crippen molar-refractivity contribution in [3.05, 3.63) is 29.8 Å². The van der Waals surface area contributed by atoms with Gasteiger partial charge in [0.05, 0.1) is 19.6 Å². The molecule has 1 aliphatic heterocycles. The van der Waals surface area contributed by atoms with Crippen molar-refractivity contribution in [1.29, 1.82) is 0 Å². The zero-order valence-corrected chi connectivity index (χ0v) is 11.9. The van der Waals surface area contributed by atoms with Gasteiger partial charge in [-0.25, -0.2) is 0 Å². The quantitative estimate of drug-likeness (QED) is 0.853. The fourth-order valence-electron chi connectivity index (χ4n) is 2.30. The summed E-state index contributed by atoms with van der Waals surface area (Å²) in [5, 5.41) is 8.74. The van der Waals surface area contributed by atoms with E-state index >= 15 is 0 Å². The molecule has 0 radical (unpaired) electrons. The minimum atomic E-state index is -0.763. The molecule has 0 atom stereocenters. The van der Waals surface area contributed by atoms with Crippen LogP contribution in [-0.2, 0) is 16.1 Å². The van der Waals surface area contributed by atoms with E-state index in [0.29, 0.717) is 6.54 Å². The molecule has 20 heavy (non-hydrogen) atoms. The highest BCUT2D eigenvalue weighted by Gasteiger charge is 2.11. The molecule has 1 aromatic rings. The van der Waals surface area contributed by atoms with Crippen molar-refractivity contribution >= 4 is 11.7 Å². The van der Waals surface area contributed by atoms with Gasteiger partial charge in [0.25, 0.3) is 0 Å². The van der Waals surface area contributed by atoms with Gasteiger partial charge in [-0.1, -0.05) is 12.1 Å². The van der Waals surface area contributed by atoms with E-state index in [1.54, 1.807) is 0 Å². The summed E-state index contributed by atoms with van der Waals surface area (Å²) in [4.78, 5) is 15.0. The largest absolute Gasteiger partial charge is 0.481 e. The Bertz CT molecular complexity index is 444. The monoisotopic (exact) mass is 278 g/mol. The van der Waals surface area contributed by atoms with Crippen LogP contribution < -0.4 is 4.90 Å². The van der Waals surface area contributed by atoms with Gasteiger partial charge in [0.1, 0.15) is 0 Å². The SMILES string of the molecule is CN(CCC(=O)O)c1cccc(CN2CCOCC2)c1. The maximum atomic E-state index is 10.6. The van der Waals surface area contributed by atoms with Gasteiger partial charge >= 0.3 is 5.97 Å². The van der Waals surface area contributed by atoms with E-state index in [-0.39, 0.29) is 6.42 Å². The van der Waals surface area contributed by atoms with Crippen LogP contribution in [0.25, 0.3) is 0 Å². The number of ether oxygens (including phenoxy) is 1. The van der Waals surface area contributed by atoms with Gasteiger partial charge in [0, 0.05) is 38.9 Å². The predicted octanol–water partition coefficient (Wildman–Crippen LogP) is 1.43. The van der Waals surface area contributed by atoms with Crippen LogP contribution in [0.3, 0.4) is 0 Å². The Morgan fingerprint density at radius 3 is 2.85 bits per heavy atom. The number of carbonyl (C=O) groups is 1. The van der Waals surface area contributed by atoms with Crippen molar-refractivity contribution in [3.8, 4) is 0 Å². The number of rotatable bonds is 6. The molecular formula is C15H22N2O3. The molecule has 0 bridgehead atoms. The first-order chi connectivity index (χ1) is 9.65. The third kappa shape index (κ3) is 4.51. The average molecular weight is 278 g/mol. The molecule has 110 valence electrons. The maximum absolute atomic E-state index is 10.6. The summed E-state index contributed by atoms with van der Waals surface area (Å²) in [5.74, 6) is -0.763. The van der Waals surface area contributed by atoms with E-state index in [1.807, 2.05) is 24.1 Å². The van der Waals surface area contributed by atoms with Gasteiger partial charge in [-0.3, -0.25) is 9.69 Å². The Morgan fingerprint density at radius 1 is 1.40 bits per heavy atom. The Balaban J connectivity index is 1.94. The van der Waals surface area contributed by atoms with E-state index in [4.69, 9.17) is 9.84 Å². The molecule has 1 heterocycles.